The van der Waals surface area contributed by atoms with Gasteiger partial charge in [0.25, 0.3) is 0 Å². The Morgan fingerprint density at radius 1 is 1.53 bits per heavy atom. The molecule has 0 aromatic carbocycles. The Balaban J connectivity index is 2.89. The summed E-state index contributed by atoms with van der Waals surface area (Å²) >= 11 is 6.06. The molecule has 0 aliphatic carbocycles. The Morgan fingerprint density at radius 2 is 2.20 bits per heavy atom. The maximum atomic E-state index is 10.8. The first kappa shape index (κ1) is 12.2. The highest BCUT2D eigenvalue weighted by Gasteiger charge is 2.14. The molecule has 84 valence electrons. The monoisotopic (exact) mass is 228 g/mol. The quantitative estimate of drug-likeness (QED) is 0.727. The minimum Gasteiger partial charge on any atom is -0.298 e. The highest BCUT2D eigenvalue weighted by atomic mass is 35.5. The molecular formula is C11H17ClN2O. The third-order valence-electron chi connectivity index (χ3n) is 2.37. The molecule has 0 unspecified atom stereocenters. The van der Waals surface area contributed by atoms with Crippen molar-refractivity contribution in [1.29, 1.82) is 0 Å². The van der Waals surface area contributed by atoms with Crippen LogP contribution in [0, 0.1) is 5.92 Å². The van der Waals surface area contributed by atoms with Gasteiger partial charge in [0, 0.05) is 6.54 Å². The molecule has 0 fully saturated rings. The number of aromatic nitrogens is 2. The molecule has 1 rings (SSSR count). The molecule has 15 heavy (non-hydrogen) atoms. The summed E-state index contributed by atoms with van der Waals surface area (Å²) in [4.78, 5) is 10.8. The van der Waals surface area contributed by atoms with E-state index < -0.39 is 0 Å². The summed E-state index contributed by atoms with van der Waals surface area (Å²) in [5, 5.41) is 4.80. The van der Waals surface area contributed by atoms with Gasteiger partial charge in [-0.1, -0.05) is 32.4 Å². The minimum atomic E-state index is 0.475. The molecule has 1 aromatic heterocycles. The molecule has 0 saturated carbocycles. The summed E-state index contributed by atoms with van der Waals surface area (Å²) in [5.41, 5.74) is 1.33. The van der Waals surface area contributed by atoms with E-state index in [1.807, 2.05) is 6.92 Å². The lowest BCUT2D eigenvalue weighted by molar-refractivity contribution is 0.112. The van der Waals surface area contributed by atoms with Crippen LogP contribution in [0.1, 0.15) is 43.2 Å². The highest BCUT2D eigenvalue weighted by molar-refractivity contribution is 6.32. The van der Waals surface area contributed by atoms with E-state index in [0.717, 1.165) is 31.4 Å². The van der Waals surface area contributed by atoms with Gasteiger partial charge in [-0.3, -0.25) is 9.48 Å². The van der Waals surface area contributed by atoms with Crippen LogP contribution in [0.5, 0.6) is 0 Å². The van der Waals surface area contributed by atoms with Gasteiger partial charge in [0.1, 0.15) is 5.15 Å². The molecule has 0 spiro atoms. The summed E-state index contributed by atoms with van der Waals surface area (Å²) in [6, 6.07) is 0. The minimum absolute atomic E-state index is 0.475. The predicted molar refractivity (Wildman–Crippen MR) is 61.5 cm³/mol. The fraction of sp³-hybridized carbons (Fsp3) is 0.636. The van der Waals surface area contributed by atoms with Crippen LogP contribution in [0.15, 0.2) is 0 Å². The molecule has 3 nitrogen and oxygen atoms in total. The van der Waals surface area contributed by atoms with Gasteiger partial charge in [0.05, 0.1) is 11.3 Å². The van der Waals surface area contributed by atoms with Gasteiger partial charge in [-0.2, -0.15) is 5.10 Å². The number of rotatable bonds is 5. The average molecular weight is 229 g/mol. The van der Waals surface area contributed by atoms with E-state index in [1.165, 1.54) is 0 Å². The van der Waals surface area contributed by atoms with Gasteiger partial charge < -0.3 is 0 Å². The molecule has 0 N–H and O–H groups in total. The Hall–Kier alpha value is -0.830. The maximum Gasteiger partial charge on any atom is 0.155 e. The molecule has 0 aliphatic rings. The molecule has 0 atom stereocenters. The second-order valence-corrected chi connectivity index (χ2v) is 4.39. The second kappa shape index (κ2) is 5.31. The number of aldehydes is 1. The van der Waals surface area contributed by atoms with E-state index in [4.69, 9.17) is 11.6 Å². The number of hydrogen-bond acceptors (Lipinski definition) is 2. The van der Waals surface area contributed by atoms with Crippen LogP contribution < -0.4 is 0 Å². The van der Waals surface area contributed by atoms with E-state index >= 15 is 0 Å². The van der Waals surface area contributed by atoms with Crippen LogP contribution in [-0.4, -0.2) is 16.1 Å². The van der Waals surface area contributed by atoms with Crippen LogP contribution in [0.2, 0.25) is 5.15 Å². The summed E-state index contributed by atoms with van der Waals surface area (Å²) in [7, 11) is 0. The maximum absolute atomic E-state index is 10.8. The predicted octanol–water partition coefficient (Wildman–Crippen LogP) is 2.96. The number of nitrogens with zero attached hydrogens (tertiary/aromatic N) is 2. The van der Waals surface area contributed by atoms with E-state index in [-0.39, 0.29) is 0 Å². The van der Waals surface area contributed by atoms with Gasteiger partial charge >= 0.3 is 0 Å². The van der Waals surface area contributed by atoms with Crippen molar-refractivity contribution in [3.8, 4) is 0 Å². The van der Waals surface area contributed by atoms with Crippen LogP contribution in [0.25, 0.3) is 0 Å². The number of hydrogen-bond donors (Lipinski definition) is 0. The lowest BCUT2D eigenvalue weighted by Crippen LogP contribution is -2.03. The van der Waals surface area contributed by atoms with Gasteiger partial charge in [-0.15, -0.1) is 0 Å². The number of halogens is 1. The lowest BCUT2D eigenvalue weighted by atomic mass is 10.1. The van der Waals surface area contributed by atoms with E-state index in [0.29, 0.717) is 16.6 Å². The fourth-order valence-corrected chi connectivity index (χ4v) is 1.68. The van der Waals surface area contributed by atoms with E-state index in [2.05, 4.69) is 18.9 Å². The summed E-state index contributed by atoms with van der Waals surface area (Å²) in [6.45, 7) is 7.05. The van der Waals surface area contributed by atoms with Crippen molar-refractivity contribution >= 4 is 17.9 Å². The largest absolute Gasteiger partial charge is 0.298 e. The smallest absolute Gasteiger partial charge is 0.155 e. The topological polar surface area (TPSA) is 34.9 Å². The Bertz CT molecular complexity index is 345. The number of carbonyl (C=O) groups is 1. The third-order valence-corrected chi connectivity index (χ3v) is 2.77. The van der Waals surface area contributed by atoms with Crippen molar-refractivity contribution in [2.45, 2.75) is 40.2 Å². The van der Waals surface area contributed by atoms with Gasteiger partial charge in [0.15, 0.2) is 6.29 Å². The lowest BCUT2D eigenvalue weighted by Gasteiger charge is -2.05. The molecule has 0 amide bonds. The molecule has 0 aliphatic heterocycles. The zero-order valence-corrected chi connectivity index (χ0v) is 10.2. The Kier molecular flexibility index (Phi) is 4.33. The van der Waals surface area contributed by atoms with Gasteiger partial charge in [-0.25, -0.2) is 0 Å². The molecule has 1 heterocycles. The standard InChI is InChI=1S/C11H17ClN2O/c1-4-10-9(7-15)11(12)14(13-10)6-5-8(2)3/h7-8H,4-6H2,1-3H3. The number of carbonyl (C=O) groups excluding carboxylic acids is 1. The van der Waals surface area contributed by atoms with Crippen molar-refractivity contribution in [2.75, 3.05) is 0 Å². The molecule has 0 bridgehead atoms. The zero-order chi connectivity index (χ0) is 11.4. The molecule has 4 heteroatoms. The molecule has 1 aromatic rings. The van der Waals surface area contributed by atoms with Crippen molar-refractivity contribution in [3.63, 3.8) is 0 Å². The van der Waals surface area contributed by atoms with E-state index in [1.54, 1.807) is 4.68 Å². The highest BCUT2D eigenvalue weighted by Crippen LogP contribution is 2.19. The molecule has 0 radical (unpaired) electrons. The Labute approximate surface area is 95.4 Å². The summed E-state index contributed by atoms with van der Waals surface area (Å²) in [5.74, 6) is 0.607. The first-order chi connectivity index (χ1) is 7.10. The average Bonchev–Trinajstić information content (AvgIpc) is 2.51. The van der Waals surface area contributed by atoms with Gasteiger partial charge in [-0.05, 0) is 18.8 Å². The van der Waals surface area contributed by atoms with Crippen molar-refractivity contribution in [1.82, 2.24) is 9.78 Å². The van der Waals surface area contributed by atoms with Crippen molar-refractivity contribution in [2.24, 2.45) is 5.92 Å². The van der Waals surface area contributed by atoms with Crippen LogP contribution in [0.3, 0.4) is 0 Å². The normalized spacial score (nSPS) is 11.0. The zero-order valence-electron chi connectivity index (χ0n) is 9.46. The Morgan fingerprint density at radius 3 is 2.60 bits per heavy atom. The van der Waals surface area contributed by atoms with Crippen LogP contribution in [-0.2, 0) is 13.0 Å². The van der Waals surface area contributed by atoms with Gasteiger partial charge in [0.2, 0.25) is 0 Å². The van der Waals surface area contributed by atoms with E-state index in [9.17, 15) is 4.79 Å². The molecule has 0 saturated heterocycles. The van der Waals surface area contributed by atoms with Crippen LogP contribution in [0.4, 0.5) is 0 Å². The first-order valence-corrected chi connectivity index (χ1v) is 5.68. The van der Waals surface area contributed by atoms with Crippen LogP contribution >= 0.6 is 11.6 Å². The fourth-order valence-electron chi connectivity index (χ4n) is 1.41. The molecular weight excluding hydrogens is 212 g/mol. The van der Waals surface area contributed by atoms with Crippen molar-refractivity contribution < 1.29 is 4.79 Å². The van der Waals surface area contributed by atoms with Crippen molar-refractivity contribution in [3.05, 3.63) is 16.4 Å². The number of aryl methyl sites for hydroxylation is 2. The summed E-state index contributed by atoms with van der Waals surface area (Å²) in [6.07, 6.45) is 2.55. The SMILES string of the molecule is CCc1nn(CCC(C)C)c(Cl)c1C=O. The summed E-state index contributed by atoms with van der Waals surface area (Å²) < 4.78 is 1.73. The third kappa shape index (κ3) is 2.81. The second-order valence-electron chi connectivity index (χ2n) is 4.03. The first-order valence-electron chi connectivity index (χ1n) is 5.30.